The van der Waals surface area contributed by atoms with Crippen LogP contribution < -0.4 is 5.73 Å². The highest BCUT2D eigenvalue weighted by atomic mass is 35.5. The van der Waals surface area contributed by atoms with Crippen LogP contribution in [0.25, 0.3) is 0 Å². The Bertz CT molecular complexity index is 407. The molecule has 0 unspecified atom stereocenters. The van der Waals surface area contributed by atoms with Crippen molar-refractivity contribution in [2.24, 2.45) is 5.73 Å². The highest BCUT2D eigenvalue weighted by molar-refractivity contribution is 5.85. The zero-order valence-corrected chi connectivity index (χ0v) is 12.9. The fourth-order valence-electron chi connectivity index (χ4n) is 2.25. The lowest BCUT2D eigenvalue weighted by Gasteiger charge is -2.29. The second kappa shape index (κ2) is 9.13. The second-order valence-corrected chi connectivity index (χ2v) is 4.85. The molecule has 1 heterocycles. The van der Waals surface area contributed by atoms with E-state index in [2.05, 4.69) is 4.90 Å². The van der Waals surface area contributed by atoms with Crippen LogP contribution in [0.4, 0.5) is 5.69 Å². The zero-order chi connectivity index (χ0) is 13.0. The van der Waals surface area contributed by atoms with Gasteiger partial charge in [0.25, 0.3) is 5.69 Å². The third-order valence-corrected chi connectivity index (χ3v) is 3.50. The van der Waals surface area contributed by atoms with Crippen molar-refractivity contribution in [3.8, 4) is 0 Å². The lowest BCUT2D eigenvalue weighted by Crippen LogP contribution is -2.40. The number of piperidine rings is 1. The van der Waals surface area contributed by atoms with Crippen molar-refractivity contribution in [3.63, 3.8) is 0 Å². The van der Waals surface area contributed by atoms with Gasteiger partial charge in [-0.3, -0.25) is 10.1 Å². The first-order chi connectivity index (χ1) is 8.65. The Morgan fingerprint density at radius 1 is 1.20 bits per heavy atom. The van der Waals surface area contributed by atoms with E-state index in [1.165, 1.54) is 0 Å². The average Bonchev–Trinajstić information content (AvgIpc) is 2.38. The number of hydrogen-bond acceptors (Lipinski definition) is 4. The Kier molecular flexibility index (Phi) is 8.73. The number of nitro groups is 1. The summed E-state index contributed by atoms with van der Waals surface area (Å²) in [5.41, 5.74) is 7.16. The molecule has 114 valence electrons. The van der Waals surface area contributed by atoms with E-state index in [4.69, 9.17) is 5.73 Å². The van der Waals surface area contributed by atoms with Crippen molar-refractivity contribution in [1.82, 2.24) is 4.90 Å². The Balaban J connectivity index is 0.00000180. The molecule has 0 aromatic heterocycles. The van der Waals surface area contributed by atoms with E-state index in [-0.39, 0.29) is 35.4 Å². The summed E-state index contributed by atoms with van der Waals surface area (Å²) in [5, 5.41) is 10.5. The molecule has 0 radical (unpaired) electrons. The Hall–Kier alpha value is -0.880. The monoisotopic (exact) mass is 321 g/mol. The van der Waals surface area contributed by atoms with E-state index < -0.39 is 0 Å². The molecular weight excluding hydrogens is 301 g/mol. The van der Waals surface area contributed by atoms with Gasteiger partial charge in [-0.25, -0.2) is 0 Å². The van der Waals surface area contributed by atoms with Crippen molar-refractivity contribution >= 4 is 30.5 Å². The molecule has 20 heavy (non-hydrogen) atoms. The summed E-state index contributed by atoms with van der Waals surface area (Å²) in [6.45, 7) is 3.13. The van der Waals surface area contributed by atoms with Gasteiger partial charge in [0.05, 0.1) is 4.92 Å². The number of likely N-dealkylation sites (tertiary alicyclic amines) is 1. The van der Waals surface area contributed by atoms with Crippen LogP contribution in [0.3, 0.4) is 0 Å². The quantitative estimate of drug-likeness (QED) is 0.682. The highest BCUT2D eigenvalue weighted by Crippen LogP contribution is 2.14. The van der Waals surface area contributed by atoms with E-state index >= 15 is 0 Å². The molecule has 1 aliphatic rings. The fraction of sp³-hybridized carbons (Fsp3) is 0.538. The highest BCUT2D eigenvalue weighted by Gasteiger charge is 2.15. The molecule has 1 aliphatic heterocycles. The van der Waals surface area contributed by atoms with Crippen LogP contribution in [-0.4, -0.2) is 35.5 Å². The summed E-state index contributed by atoms with van der Waals surface area (Å²) in [7, 11) is 0. The molecule has 1 aromatic carbocycles. The summed E-state index contributed by atoms with van der Waals surface area (Å²) in [6.07, 6.45) is 3.08. The number of nitrogens with zero attached hydrogens (tertiary/aromatic N) is 2. The van der Waals surface area contributed by atoms with Crippen molar-refractivity contribution in [2.45, 2.75) is 25.3 Å². The lowest BCUT2D eigenvalue weighted by molar-refractivity contribution is -0.384. The van der Waals surface area contributed by atoms with Gasteiger partial charge in [-0.2, -0.15) is 0 Å². The summed E-state index contributed by atoms with van der Waals surface area (Å²) in [4.78, 5) is 12.6. The minimum atomic E-state index is -0.365. The predicted octanol–water partition coefficient (Wildman–Crippen LogP) is 2.40. The summed E-state index contributed by atoms with van der Waals surface area (Å²) >= 11 is 0. The van der Waals surface area contributed by atoms with Gasteiger partial charge in [-0.05, 0) is 37.9 Å². The topological polar surface area (TPSA) is 72.4 Å². The number of nitro benzene ring substituents is 1. The normalized spacial score (nSPS) is 16.1. The molecule has 0 saturated carbocycles. The molecule has 0 spiro atoms. The molecule has 2 N–H and O–H groups in total. The van der Waals surface area contributed by atoms with Crippen LogP contribution in [-0.2, 0) is 6.42 Å². The summed E-state index contributed by atoms with van der Waals surface area (Å²) < 4.78 is 0. The minimum absolute atomic E-state index is 0. The van der Waals surface area contributed by atoms with Crippen LogP contribution in [0.15, 0.2) is 24.3 Å². The van der Waals surface area contributed by atoms with Crippen LogP contribution in [0.2, 0.25) is 0 Å². The van der Waals surface area contributed by atoms with E-state index in [0.717, 1.165) is 44.5 Å². The van der Waals surface area contributed by atoms with E-state index in [0.29, 0.717) is 6.04 Å². The predicted molar refractivity (Wildman–Crippen MR) is 84.9 cm³/mol. The van der Waals surface area contributed by atoms with Crippen LogP contribution in [0.5, 0.6) is 0 Å². The van der Waals surface area contributed by atoms with Crippen LogP contribution in [0, 0.1) is 10.1 Å². The molecule has 2 rings (SSSR count). The third kappa shape index (κ3) is 5.63. The largest absolute Gasteiger partial charge is 0.328 e. The summed E-state index contributed by atoms with van der Waals surface area (Å²) in [5.74, 6) is 0. The van der Waals surface area contributed by atoms with Gasteiger partial charge in [0.2, 0.25) is 0 Å². The number of nitrogens with two attached hydrogens (primary N) is 1. The maximum Gasteiger partial charge on any atom is 0.269 e. The summed E-state index contributed by atoms with van der Waals surface area (Å²) in [6, 6.07) is 7.19. The standard InChI is InChI=1S/C13H19N3O2.2ClH/c14-12-6-9-15(10-7-12)8-5-11-1-3-13(4-2-11)16(17)18;;/h1-4,12H,5-10,14H2;2*1H. The molecule has 1 fully saturated rings. The fourth-order valence-corrected chi connectivity index (χ4v) is 2.25. The average molecular weight is 322 g/mol. The van der Waals surface area contributed by atoms with Gasteiger partial charge in [0.15, 0.2) is 0 Å². The zero-order valence-electron chi connectivity index (χ0n) is 11.2. The molecule has 0 atom stereocenters. The molecule has 0 aliphatic carbocycles. The molecule has 1 saturated heterocycles. The molecule has 0 amide bonds. The third-order valence-electron chi connectivity index (χ3n) is 3.50. The first-order valence-electron chi connectivity index (χ1n) is 6.36. The van der Waals surface area contributed by atoms with Gasteiger partial charge < -0.3 is 10.6 Å². The van der Waals surface area contributed by atoms with Gasteiger partial charge in [-0.15, -0.1) is 24.8 Å². The first-order valence-corrected chi connectivity index (χ1v) is 6.36. The van der Waals surface area contributed by atoms with Gasteiger partial charge in [-0.1, -0.05) is 12.1 Å². The van der Waals surface area contributed by atoms with Crippen molar-refractivity contribution in [2.75, 3.05) is 19.6 Å². The van der Waals surface area contributed by atoms with E-state index in [1.807, 2.05) is 12.1 Å². The van der Waals surface area contributed by atoms with Crippen LogP contribution in [0.1, 0.15) is 18.4 Å². The maximum atomic E-state index is 10.5. The number of rotatable bonds is 4. The second-order valence-electron chi connectivity index (χ2n) is 4.85. The van der Waals surface area contributed by atoms with Crippen LogP contribution >= 0.6 is 24.8 Å². The van der Waals surface area contributed by atoms with Crippen molar-refractivity contribution < 1.29 is 4.92 Å². The number of benzene rings is 1. The lowest BCUT2D eigenvalue weighted by atomic mass is 10.1. The first kappa shape index (κ1) is 19.1. The Morgan fingerprint density at radius 2 is 1.75 bits per heavy atom. The molecule has 5 nitrogen and oxygen atoms in total. The van der Waals surface area contributed by atoms with E-state index in [9.17, 15) is 10.1 Å². The van der Waals surface area contributed by atoms with Gasteiger partial charge >= 0.3 is 0 Å². The molecule has 7 heteroatoms. The van der Waals surface area contributed by atoms with Crippen molar-refractivity contribution in [1.29, 1.82) is 0 Å². The number of halogens is 2. The Morgan fingerprint density at radius 3 is 2.25 bits per heavy atom. The minimum Gasteiger partial charge on any atom is -0.328 e. The molecular formula is C13H21Cl2N3O2. The molecule has 1 aromatic rings. The SMILES string of the molecule is Cl.Cl.NC1CCN(CCc2ccc([N+](=O)[O-])cc2)CC1. The smallest absolute Gasteiger partial charge is 0.269 e. The Labute approximate surface area is 131 Å². The number of hydrogen-bond donors (Lipinski definition) is 1. The molecule has 0 bridgehead atoms. The number of non-ortho nitro benzene ring substituents is 1. The van der Waals surface area contributed by atoms with Crippen molar-refractivity contribution in [3.05, 3.63) is 39.9 Å². The van der Waals surface area contributed by atoms with Gasteiger partial charge in [0.1, 0.15) is 0 Å². The maximum absolute atomic E-state index is 10.5. The van der Waals surface area contributed by atoms with Gasteiger partial charge in [0, 0.05) is 24.7 Å². The van der Waals surface area contributed by atoms with E-state index in [1.54, 1.807) is 12.1 Å².